The van der Waals surface area contributed by atoms with E-state index in [1.54, 1.807) is 6.20 Å². The molecular weight excluding hydrogens is 354 g/mol. The summed E-state index contributed by atoms with van der Waals surface area (Å²) in [6.45, 7) is 8.91. The number of nitrogens with one attached hydrogen (secondary N) is 1. The van der Waals surface area contributed by atoms with E-state index in [1.807, 2.05) is 36.2 Å². The summed E-state index contributed by atoms with van der Waals surface area (Å²) in [6, 6.07) is 5.77. The lowest BCUT2D eigenvalue weighted by Crippen LogP contribution is -2.52. The minimum absolute atomic E-state index is 0.0347. The monoisotopic (exact) mass is 383 g/mol. The summed E-state index contributed by atoms with van der Waals surface area (Å²) < 4.78 is 0. The van der Waals surface area contributed by atoms with Gasteiger partial charge in [-0.3, -0.25) is 4.98 Å². The van der Waals surface area contributed by atoms with Gasteiger partial charge in [0.1, 0.15) is 5.82 Å². The van der Waals surface area contributed by atoms with E-state index in [9.17, 15) is 4.79 Å². The van der Waals surface area contributed by atoms with Gasteiger partial charge in [0.25, 0.3) is 0 Å². The van der Waals surface area contributed by atoms with Crippen LogP contribution in [0, 0.1) is 12.8 Å². The Morgan fingerprint density at radius 3 is 2.61 bits per heavy atom. The van der Waals surface area contributed by atoms with Crippen molar-refractivity contribution in [2.45, 2.75) is 33.2 Å². The second kappa shape index (κ2) is 8.86. The van der Waals surface area contributed by atoms with Gasteiger partial charge in [-0.15, -0.1) is 0 Å². The van der Waals surface area contributed by atoms with Crippen LogP contribution in [0.4, 0.5) is 16.6 Å². The van der Waals surface area contributed by atoms with Crippen LogP contribution < -0.4 is 16.0 Å². The van der Waals surface area contributed by atoms with E-state index in [4.69, 9.17) is 5.73 Å². The molecule has 3 heterocycles. The molecule has 3 rings (SSSR count). The third-order valence-electron chi connectivity index (χ3n) is 4.84. The zero-order valence-corrected chi connectivity index (χ0v) is 16.8. The Morgan fingerprint density at radius 2 is 2.00 bits per heavy atom. The number of amides is 2. The van der Waals surface area contributed by atoms with Crippen LogP contribution in [-0.2, 0) is 0 Å². The number of piperazine rings is 1. The van der Waals surface area contributed by atoms with Crippen LogP contribution >= 0.6 is 0 Å². The van der Waals surface area contributed by atoms with E-state index < -0.39 is 0 Å². The van der Waals surface area contributed by atoms with Gasteiger partial charge in [0.05, 0.1) is 6.04 Å². The Hall–Kier alpha value is -2.90. The topological polar surface area (TPSA) is 100 Å². The molecular formula is C20H29N7O. The summed E-state index contributed by atoms with van der Waals surface area (Å²) in [5, 5.41) is 3.19. The van der Waals surface area contributed by atoms with Crippen molar-refractivity contribution in [3.63, 3.8) is 0 Å². The second-order valence-corrected chi connectivity index (χ2v) is 7.62. The van der Waals surface area contributed by atoms with Gasteiger partial charge in [0, 0.05) is 50.3 Å². The van der Waals surface area contributed by atoms with Crippen molar-refractivity contribution in [3.8, 4) is 0 Å². The van der Waals surface area contributed by atoms with Crippen LogP contribution in [0.3, 0.4) is 0 Å². The predicted octanol–water partition coefficient (Wildman–Crippen LogP) is 2.38. The zero-order chi connectivity index (χ0) is 20.1. The summed E-state index contributed by atoms with van der Waals surface area (Å²) in [7, 11) is 0. The van der Waals surface area contributed by atoms with Crippen LogP contribution in [-0.4, -0.2) is 52.1 Å². The fourth-order valence-corrected chi connectivity index (χ4v) is 3.45. The number of rotatable bonds is 5. The van der Waals surface area contributed by atoms with E-state index in [1.165, 1.54) is 0 Å². The lowest BCUT2D eigenvalue weighted by Gasteiger charge is -2.36. The van der Waals surface area contributed by atoms with E-state index >= 15 is 0 Å². The molecule has 0 aliphatic carbocycles. The Kier molecular flexibility index (Phi) is 6.28. The molecule has 28 heavy (non-hydrogen) atoms. The maximum Gasteiger partial charge on any atom is 0.318 e. The molecule has 0 aromatic carbocycles. The fraction of sp³-hybridized carbons (Fsp3) is 0.500. The van der Waals surface area contributed by atoms with Gasteiger partial charge in [-0.1, -0.05) is 19.9 Å². The van der Waals surface area contributed by atoms with Crippen LogP contribution in [0.25, 0.3) is 0 Å². The fourth-order valence-electron chi connectivity index (χ4n) is 3.45. The van der Waals surface area contributed by atoms with Crippen molar-refractivity contribution < 1.29 is 4.79 Å². The summed E-state index contributed by atoms with van der Waals surface area (Å²) in [5.74, 6) is 1.56. The molecule has 1 fully saturated rings. The molecule has 2 amide bonds. The molecule has 0 bridgehead atoms. The first-order chi connectivity index (χ1) is 13.4. The van der Waals surface area contributed by atoms with Crippen molar-refractivity contribution in [1.29, 1.82) is 0 Å². The average molecular weight is 384 g/mol. The van der Waals surface area contributed by atoms with Crippen LogP contribution in [0.15, 0.2) is 30.6 Å². The third-order valence-corrected chi connectivity index (χ3v) is 4.84. The van der Waals surface area contributed by atoms with Crippen molar-refractivity contribution in [2.24, 2.45) is 5.92 Å². The van der Waals surface area contributed by atoms with E-state index in [2.05, 4.69) is 39.0 Å². The quantitative estimate of drug-likeness (QED) is 0.822. The first kappa shape index (κ1) is 19.9. The van der Waals surface area contributed by atoms with Gasteiger partial charge in [-0.05, 0) is 30.9 Å². The molecule has 150 valence electrons. The Morgan fingerprint density at radius 1 is 1.25 bits per heavy atom. The minimum atomic E-state index is -0.0384. The molecule has 2 aromatic heterocycles. The van der Waals surface area contributed by atoms with Gasteiger partial charge >= 0.3 is 6.03 Å². The van der Waals surface area contributed by atoms with Gasteiger partial charge in [-0.2, -0.15) is 4.98 Å². The largest absolute Gasteiger partial charge is 0.368 e. The van der Waals surface area contributed by atoms with E-state index in [0.29, 0.717) is 32.1 Å². The Balaban J connectivity index is 1.60. The molecule has 8 heteroatoms. The Labute approximate surface area is 166 Å². The number of aromatic nitrogens is 3. The number of nitrogens with zero attached hydrogens (tertiary/aromatic N) is 5. The summed E-state index contributed by atoms with van der Waals surface area (Å²) >= 11 is 0. The number of carbonyl (C=O) groups is 1. The molecule has 0 saturated carbocycles. The van der Waals surface area contributed by atoms with Crippen molar-refractivity contribution in [1.82, 2.24) is 25.2 Å². The van der Waals surface area contributed by atoms with Crippen molar-refractivity contribution >= 4 is 17.8 Å². The first-order valence-corrected chi connectivity index (χ1v) is 9.74. The highest BCUT2D eigenvalue weighted by Gasteiger charge is 2.25. The van der Waals surface area contributed by atoms with Gasteiger partial charge in [0.2, 0.25) is 5.95 Å². The lowest BCUT2D eigenvalue weighted by atomic mass is 9.98. The molecule has 0 unspecified atom stereocenters. The SMILES string of the molecule is Cc1cc(N2CCN(C(=O)N[C@H](CC(C)C)c3cccnc3)CC2)nc(N)n1. The Bertz CT molecular complexity index is 768. The normalized spacial score (nSPS) is 15.6. The summed E-state index contributed by atoms with van der Waals surface area (Å²) in [6.07, 6.45) is 4.45. The highest BCUT2D eigenvalue weighted by atomic mass is 16.2. The van der Waals surface area contributed by atoms with Crippen LogP contribution in [0.2, 0.25) is 0 Å². The third kappa shape index (κ3) is 5.09. The highest BCUT2D eigenvalue weighted by Crippen LogP contribution is 2.21. The molecule has 3 N–H and O–H groups in total. The van der Waals surface area contributed by atoms with E-state index in [0.717, 1.165) is 23.5 Å². The molecule has 1 aliphatic heterocycles. The summed E-state index contributed by atoms with van der Waals surface area (Å²) in [5.41, 5.74) is 7.64. The molecule has 1 aliphatic rings. The molecule has 0 spiro atoms. The van der Waals surface area contributed by atoms with Crippen molar-refractivity contribution in [2.75, 3.05) is 36.8 Å². The number of pyridine rings is 1. The number of urea groups is 1. The maximum absolute atomic E-state index is 12.8. The molecule has 2 aromatic rings. The molecule has 1 atom stereocenters. The summed E-state index contributed by atoms with van der Waals surface area (Å²) in [4.78, 5) is 29.5. The van der Waals surface area contributed by atoms with Gasteiger partial charge < -0.3 is 20.9 Å². The number of hydrogen-bond acceptors (Lipinski definition) is 6. The number of carbonyl (C=O) groups excluding carboxylic acids is 1. The number of nitrogens with two attached hydrogens (primary N) is 1. The van der Waals surface area contributed by atoms with Crippen molar-refractivity contribution in [3.05, 3.63) is 41.9 Å². The number of aryl methyl sites for hydroxylation is 1. The molecule has 1 saturated heterocycles. The van der Waals surface area contributed by atoms with E-state index in [-0.39, 0.29) is 18.0 Å². The van der Waals surface area contributed by atoms with Gasteiger partial charge in [0.15, 0.2) is 0 Å². The van der Waals surface area contributed by atoms with Gasteiger partial charge in [-0.25, -0.2) is 9.78 Å². The van der Waals surface area contributed by atoms with Crippen LogP contribution in [0.5, 0.6) is 0 Å². The lowest BCUT2D eigenvalue weighted by molar-refractivity contribution is 0.188. The number of nitrogen functional groups attached to an aromatic ring is 1. The molecule has 8 nitrogen and oxygen atoms in total. The number of anilines is 2. The zero-order valence-electron chi connectivity index (χ0n) is 16.8. The minimum Gasteiger partial charge on any atom is -0.368 e. The maximum atomic E-state index is 12.8. The van der Waals surface area contributed by atoms with Crippen LogP contribution in [0.1, 0.15) is 37.6 Å². The molecule has 0 radical (unpaired) electrons. The standard InChI is InChI=1S/C20H29N7O/c1-14(2)11-17(16-5-4-6-22-13-16)24-20(28)27-9-7-26(8-10-27)18-12-15(3)23-19(21)25-18/h4-6,12-14,17H,7-11H2,1-3H3,(H,24,28)(H2,21,23,25)/t17-/m1/s1. The average Bonchev–Trinajstić information content (AvgIpc) is 2.67. The smallest absolute Gasteiger partial charge is 0.318 e. The predicted molar refractivity (Wildman–Crippen MR) is 110 cm³/mol. The second-order valence-electron chi connectivity index (χ2n) is 7.62. The highest BCUT2D eigenvalue weighted by molar-refractivity contribution is 5.75. The first-order valence-electron chi connectivity index (χ1n) is 9.74. The number of hydrogen-bond donors (Lipinski definition) is 2.